The molecule has 6 N–H and O–H groups in total. The van der Waals surface area contributed by atoms with Gasteiger partial charge in [0, 0.05) is 23.5 Å². The third-order valence-electron chi connectivity index (χ3n) is 4.81. The second-order valence-corrected chi connectivity index (χ2v) is 7.49. The molecule has 0 heterocycles. The molecule has 6 nitrogen and oxygen atoms in total. The molecule has 0 fully saturated rings. The zero-order chi connectivity index (χ0) is 23.5. The number of rotatable bonds is 10. The Morgan fingerprint density at radius 3 is 2.36 bits per heavy atom. The lowest BCUT2D eigenvalue weighted by Crippen LogP contribution is -2.22. The molecule has 0 aliphatic rings. The van der Waals surface area contributed by atoms with Crippen molar-refractivity contribution in [3.8, 4) is 5.75 Å². The number of anilines is 1. The van der Waals surface area contributed by atoms with Crippen LogP contribution in [0.5, 0.6) is 5.75 Å². The monoisotopic (exact) mass is 442 g/mol. The maximum Gasteiger partial charge on any atom is 0.251 e. The molecule has 0 saturated heterocycles. The van der Waals surface area contributed by atoms with Crippen molar-refractivity contribution in [2.24, 2.45) is 11.5 Å². The molecule has 0 aromatic heterocycles. The highest BCUT2D eigenvalue weighted by atomic mass is 16.5. The van der Waals surface area contributed by atoms with Gasteiger partial charge in [0.25, 0.3) is 5.91 Å². The van der Waals surface area contributed by atoms with Gasteiger partial charge in [-0.15, -0.1) is 0 Å². The summed E-state index contributed by atoms with van der Waals surface area (Å²) >= 11 is 0. The molecule has 0 unspecified atom stereocenters. The molecular formula is C27H30N4O2. The van der Waals surface area contributed by atoms with Crippen LogP contribution in [0.4, 0.5) is 5.69 Å². The van der Waals surface area contributed by atoms with Crippen LogP contribution in [-0.4, -0.2) is 12.5 Å². The van der Waals surface area contributed by atoms with Crippen LogP contribution in [0, 0.1) is 0 Å². The zero-order valence-corrected chi connectivity index (χ0v) is 18.8. The van der Waals surface area contributed by atoms with Crippen molar-refractivity contribution in [3.63, 3.8) is 0 Å². The molecule has 0 bridgehead atoms. The Kier molecular flexibility index (Phi) is 8.54. The van der Waals surface area contributed by atoms with E-state index in [0.717, 1.165) is 23.3 Å². The highest BCUT2D eigenvalue weighted by Gasteiger charge is 2.07. The Labute approximate surface area is 195 Å². The maximum absolute atomic E-state index is 12.6. The minimum Gasteiger partial charge on any atom is -0.494 e. The SMILES string of the molecule is CCCOc1ccc(CNC(=O)c2cccc(N/C(N)=C/C=C(\N)c3ccccc3)c2)cc1. The lowest BCUT2D eigenvalue weighted by atomic mass is 10.1. The van der Waals surface area contributed by atoms with E-state index >= 15 is 0 Å². The highest BCUT2D eigenvalue weighted by molar-refractivity contribution is 5.95. The van der Waals surface area contributed by atoms with E-state index < -0.39 is 0 Å². The Bertz CT molecular complexity index is 1110. The number of carbonyl (C=O) groups excluding carboxylic acids is 1. The van der Waals surface area contributed by atoms with Crippen molar-refractivity contribution in [1.29, 1.82) is 0 Å². The number of allylic oxidation sites excluding steroid dienone is 2. The standard InChI is InChI=1S/C27H30N4O2/c1-2-17-33-24-13-11-20(12-14-24)19-30-27(32)22-9-6-10-23(18-22)31-26(29)16-15-25(28)21-7-4-3-5-8-21/h3-16,18,31H,2,17,19,28-29H2,1H3,(H,30,32)/b25-15-,26-16+. The van der Waals surface area contributed by atoms with Gasteiger partial charge in [0.1, 0.15) is 11.6 Å². The molecule has 0 aliphatic carbocycles. The van der Waals surface area contributed by atoms with Crippen LogP contribution in [0.25, 0.3) is 5.70 Å². The molecule has 6 heteroatoms. The predicted molar refractivity (Wildman–Crippen MR) is 134 cm³/mol. The quantitative estimate of drug-likeness (QED) is 0.343. The van der Waals surface area contributed by atoms with Gasteiger partial charge in [-0.05, 0) is 60.0 Å². The molecule has 3 aromatic carbocycles. The van der Waals surface area contributed by atoms with E-state index in [0.29, 0.717) is 35.9 Å². The van der Waals surface area contributed by atoms with E-state index in [2.05, 4.69) is 17.6 Å². The van der Waals surface area contributed by atoms with Crippen molar-refractivity contribution in [2.75, 3.05) is 11.9 Å². The van der Waals surface area contributed by atoms with E-state index in [4.69, 9.17) is 16.2 Å². The number of ether oxygens (including phenoxy) is 1. The maximum atomic E-state index is 12.6. The van der Waals surface area contributed by atoms with Gasteiger partial charge in [0.05, 0.1) is 6.61 Å². The molecule has 0 saturated carbocycles. The van der Waals surface area contributed by atoms with Crippen molar-refractivity contribution in [3.05, 3.63) is 114 Å². The number of amides is 1. The first-order valence-corrected chi connectivity index (χ1v) is 10.9. The normalized spacial score (nSPS) is 11.7. The summed E-state index contributed by atoms with van der Waals surface area (Å²) in [4.78, 5) is 12.6. The fourth-order valence-corrected chi connectivity index (χ4v) is 3.06. The van der Waals surface area contributed by atoms with Gasteiger partial charge in [-0.2, -0.15) is 0 Å². The van der Waals surface area contributed by atoms with Gasteiger partial charge >= 0.3 is 0 Å². The second-order valence-electron chi connectivity index (χ2n) is 7.49. The van der Waals surface area contributed by atoms with Crippen molar-refractivity contribution >= 4 is 17.3 Å². The summed E-state index contributed by atoms with van der Waals surface area (Å²) in [6, 6.07) is 24.5. The Hall–Kier alpha value is -4.19. The van der Waals surface area contributed by atoms with E-state index in [-0.39, 0.29) is 5.91 Å². The Morgan fingerprint density at radius 1 is 0.909 bits per heavy atom. The third kappa shape index (κ3) is 7.47. The zero-order valence-electron chi connectivity index (χ0n) is 18.8. The molecule has 0 aliphatic heterocycles. The molecule has 3 aromatic rings. The van der Waals surface area contributed by atoms with E-state index in [1.54, 1.807) is 30.4 Å². The number of carbonyl (C=O) groups is 1. The lowest BCUT2D eigenvalue weighted by Gasteiger charge is -2.10. The number of nitrogens with one attached hydrogen (secondary N) is 2. The summed E-state index contributed by atoms with van der Waals surface area (Å²) in [7, 11) is 0. The summed E-state index contributed by atoms with van der Waals surface area (Å²) in [5, 5.41) is 6.02. The molecule has 0 atom stereocenters. The first-order valence-electron chi connectivity index (χ1n) is 10.9. The molecule has 0 radical (unpaired) electrons. The van der Waals surface area contributed by atoms with Gasteiger partial charge in [-0.1, -0.05) is 55.5 Å². The summed E-state index contributed by atoms with van der Waals surface area (Å²) in [5.41, 5.74) is 15.9. The second kappa shape index (κ2) is 12.0. The largest absolute Gasteiger partial charge is 0.494 e. The fraction of sp³-hybridized carbons (Fsp3) is 0.148. The summed E-state index contributed by atoms with van der Waals surface area (Å²) in [6.07, 6.45) is 4.40. The summed E-state index contributed by atoms with van der Waals surface area (Å²) in [5.74, 6) is 1.08. The smallest absolute Gasteiger partial charge is 0.251 e. The first-order chi connectivity index (χ1) is 16.0. The molecule has 3 rings (SSSR count). The Balaban J connectivity index is 1.56. The van der Waals surface area contributed by atoms with Crippen molar-refractivity contribution in [1.82, 2.24) is 5.32 Å². The van der Waals surface area contributed by atoms with Crippen molar-refractivity contribution < 1.29 is 9.53 Å². The van der Waals surface area contributed by atoms with Crippen LogP contribution in [0.1, 0.15) is 34.8 Å². The molecule has 170 valence electrons. The van der Waals surface area contributed by atoms with E-state index in [1.807, 2.05) is 60.7 Å². The van der Waals surface area contributed by atoms with E-state index in [9.17, 15) is 4.79 Å². The van der Waals surface area contributed by atoms with Crippen LogP contribution >= 0.6 is 0 Å². The summed E-state index contributed by atoms with van der Waals surface area (Å²) in [6.45, 7) is 3.19. The fourth-order valence-electron chi connectivity index (χ4n) is 3.06. The van der Waals surface area contributed by atoms with Gasteiger partial charge in [-0.25, -0.2) is 0 Å². The van der Waals surface area contributed by atoms with Crippen LogP contribution in [0.3, 0.4) is 0 Å². The van der Waals surface area contributed by atoms with Crippen LogP contribution in [0.2, 0.25) is 0 Å². The molecule has 1 amide bonds. The minimum absolute atomic E-state index is 0.166. The third-order valence-corrected chi connectivity index (χ3v) is 4.81. The predicted octanol–water partition coefficient (Wildman–Crippen LogP) is 4.62. The average Bonchev–Trinajstić information content (AvgIpc) is 2.86. The van der Waals surface area contributed by atoms with Crippen LogP contribution in [-0.2, 0) is 6.54 Å². The average molecular weight is 443 g/mol. The molecular weight excluding hydrogens is 412 g/mol. The number of hydrogen-bond acceptors (Lipinski definition) is 5. The lowest BCUT2D eigenvalue weighted by molar-refractivity contribution is 0.0951. The molecule has 33 heavy (non-hydrogen) atoms. The number of nitrogens with two attached hydrogens (primary N) is 2. The van der Waals surface area contributed by atoms with Gasteiger partial charge < -0.3 is 26.8 Å². The van der Waals surface area contributed by atoms with Gasteiger partial charge in [0.15, 0.2) is 0 Å². The topological polar surface area (TPSA) is 102 Å². The van der Waals surface area contributed by atoms with Gasteiger partial charge in [-0.3, -0.25) is 4.79 Å². The molecule has 0 spiro atoms. The van der Waals surface area contributed by atoms with Crippen LogP contribution in [0.15, 0.2) is 96.8 Å². The minimum atomic E-state index is -0.166. The highest BCUT2D eigenvalue weighted by Crippen LogP contribution is 2.15. The van der Waals surface area contributed by atoms with E-state index in [1.165, 1.54) is 0 Å². The number of hydrogen-bond donors (Lipinski definition) is 4. The van der Waals surface area contributed by atoms with Crippen molar-refractivity contribution in [2.45, 2.75) is 19.9 Å². The number of benzene rings is 3. The summed E-state index contributed by atoms with van der Waals surface area (Å²) < 4.78 is 5.58. The first kappa shape index (κ1) is 23.5. The Morgan fingerprint density at radius 2 is 1.64 bits per heavy atom. The van der Waals surface area contributed by atoms with Gasteiger partial charge in [0.2, 0.25) is 0 Å². The van der Waals surface area contributed by atoms with Crippen LogP contribution < -0.4 is 26.8 Å².